The highest BCUT2D eigenvalue weighted by Crippen LogP contribution is 2.63. The number of nitrogens with zero attached hydrogens (tertiary/aromatic N) is 3. The van der Waals surface area contributed by atoms with Crippen LogP contribution in [0.15, 0.2) is 24.5 Å². The van der Waals surface area contributed by atoms with Crippen LogP contribution in [-0.2, 0) is 5.41 Å². The van der Waals surface area contributed by atoms with E-state index in [2.05, 4.69) is 30.0 Å². The second-order valence-corrected chi connectivity index (χ2v) is 5.30. The van der Waals surface area contributed by atoms with Gasteiger partial charge in [0, 0.05) is 30.4 Å². The lowest BCUT2D eigenvalue weighted by atomic mass is 9.92. The Morgan fingerprint density at radius 2 is 2.25 bits per heavy atom. The maximum atomic E-state index is 5.93. The van der Waals surface area contributed by atoms with Gasteiger partial charge in [0.25, 0.3) is 0 Å². The molecule has 4 heteroatoms. The molecule has 0 radical (unpaired) electrons. The highest BCUT2D eigenvalue weighted by atomic mass is 15.3. The average Bonchev–Trinajstić information content (AvgIpc) is 2.67. The van der Waals surface area contributed by atoms with Crippen molar-refractivity contribution in [3.8, 4) is 0 Å². The number of nitrogens with two attached hydrogens (primary N) is 1. The molecule has 0 saturated heterocycles. The summed E-state index contributed by atoms with van der Waals surface area (Å²) in [6, 6.07) is 3.94. The monoisotopic (exact) mass is 216 g/mol. The molecule has 1 atom stereocenters. The smallest absolute Gasteiger partial charge is 0.155 e. The van der Waals surface area contributed by atoms with Crippen LogP contribution in [0.4, 0.5) is 0 Å². The standard InChI is InChI=1S/C12H16N4/c1-11(2)7-12(11,8-13)9-6-10-14-4-3-5-16(10)15-9/h3-6H,7-8,13H2,1-2H3. The van der Waals surface area contributed by atoms with E-state index in [0.29, 0.717) is 6.54 Å². The normalized spacial score (nSPS) is 27.2. The Hall–Kier alpha value is -1.42. The summed E-state index contributed by atoms with van der Waals surface area (Å²) >= 11 is 0. The first-order valence-corrected chi connectivity index (χ1v) is 5.60. The van der Waals surface area contributed by atoms with E-state index in [9.17, 15) is 0 Å². The first kappa shape index (κ1) is 9.78. The van der Waals surface area contributed by atoms with Gasteiger partial charge in [-0.05, 0) is 17.9 Å². The van der Waals surface area contributed by atoms with Crippen LogP contribution in [0.25, 0.3) is 5.65 Å². The minimum absolute atomic E-state index is 0.0562. The maximum Gasteiger partial charge on any atom is 0.155 e. The molecule has 16 heavy (non-hydrogen) atoms. The number of rotatable bonds is 2. The number of hydrogen-bond donors (Lipinski definition) is 1. The topological polar surface area (TPSA) is 56.2 Å². The largest absolute Gasteiger partial charge is 0.330 e. The first-order valence-electron chi connectivity index (χ1n) is 5.60. The molecule has 0 aliphatic heterocycles. The SMILES string of the molecule is CC1(C)CC1(CN)c1cc2ncccn2n1. The summed E-state index contributed by atoms with van der Waals surface area (Å²) in [5.74, 6) is 0. The maximum absolute atomic E-state index is 5.93. The van der Waals surface area contributed by atoms with E-state index >= 15 is 0 Å². The van der Waals surface area contributed by atoms with Gasteiger partial charge in [0.15, 0.2) is 5.65 Å². The van der Waals surface area contributed by atoms with Crippen molar-refractivity contribution < 1.29 is 0 Å². The molecule has 2 heterocycles. The van der Waals surface area contributed by atoms with Crippen LogP contribution >= 0.6 is 0 Å². The van der Waals surface area contributed by atoms with Gasteiger partial charge in [-0.25, -0.2) is 9.50 Å². The Labute approximate surface area is 94.5 Å². The third-order valence-electron chi connectivity index (χ3n) is 3.99. The quantitative estimate of drug-likeness (QED) is 0.824. The van der Waals surface area contributed by atoms with E-state index in [1.165, 1.54) is 0 Å². The number of fused-ring (bicyclic) bond motifs is 1. The van der Waals surface area contributed by atoms with Gasteiger partial charge in [0.1, 0.15) is 0 Å². The molecule has 84 valence electrons. The van der Waals surface area contributed by atoms with Crippen molar-refractivity contribution in [3.05, 3.63) is 30.2 Å². The van der Waals surface area contributed by atoms with E-state index in [0.717, 1.165) is 17.8 Å². The summed E-state index contributed by atoms with van der Waals surface area (Å²) in [5.41, 5.74) is 8.23. The average molecular weight is 216 g/mol. The fraction of sp³-hybridized carbons (Fsp3) is 0.500. The van der Waals surface area contributed by atoms with Crippen molar-refractivity contribution in [2.24, 2.45) is 11.1 Å². The molecule has 0 bridgehead atoms. The second-order valence-electron chi connectivity index (χ2n) is 5.30. The van der Waals surface area contributed by atoms with Gasteiger partial charge in [-0.15, -0.1) is 0 Å². The Balaban J connectivity index is 2.13. The first-order chi connectivity index (χ1) is 7.59. The van der Waals surface area contributed by atoms with Crippen molar-refractivity contribution >= 4 is 5.65 Å². The molecule has 1 aliphatic carbocycles. The molecule has 4 nitrogen and oxygen atoms in total. The Morgan fingerprint density at radius 3 is 2.81 bits per heavy atom. The van der Waals surface area contributed by atoms with Crippen molar-refractivity contribution in [1.29, 1.82) is 0 Å². The van der Waals surface area contributed by atoms with E-state index in [-0.39, 0.29) is 10.8 Å². The van der Waals surface area contributed by atoms with Crippen LogP contribution in [0, 0.1) is 5.41 Å². The number of hydrogen-bond acceptors (Lipinski definition) is 3. The Morgan fingerprint density at radius 1 is 1.50 bits per heavy atom. The molecule has 2 N–H and O–H groups in total. The van der Waals surface area contributed by atoms with E-state index in [4.69, 9.17) is 5.73 Å². The molecule has 2 aromatic rings. The summed E-state index contributed by atoms with van der Waals surface area (Å²) in [4.78, 5) is 4.28. The predicted molar refractivity (Wildman–Crippen MR) is 62.1 cm³/mol. The van der Waals surface area contributed by atoms with E-state index in [1.54, 1.807) is 6.20 Å². The Kier molecular flexibility index (Phi) is 1.73. The zero-order valence-corrected chi connectivity index (χ0v) is 9.64. The van der Waals surface area contributed by atoms with E-state index < -0.39 is 0 Å². The third-order valence-corrected chi connectivity index (χ3v) is 3.99. The molecule has 3 rings (SSSR count). The summed E-state index contributed by atoms with van der Waals surface area (Å²) in [7, 11) is 0. The highest BCUT2D eigenvalue weighted by Gasteiger charge is 2.62. The fourth-order valence-electron chi connectivity index (χ4n) is 2.66. The molecular weight excluding hydrogens is 200 g/mol. The van der Waals surface area contributed by atoms with Crippen molar-refractivity contribution in [2.75, 3.05) is 6.54 Å². The van der Waals surface area contributed by atoms with Crippen LogP contribution in [-0.4, -0.2) is 21.1 Å². The lowest BCUT2D eigenvalue weighted by Crippen LogP contribution is -2.25. The minimum atomic E-state index is 0.0562. The van der Waals surface area contributed by atoms with Crippen LogP contribution in [0.2, 0.25) is 0 Å². The second kappa shape index (κ2) is 2.83. The van der Waals surface area contributed by atoms with Crippen LogP contribution < -0.4 is 5.73 Å². The van der Waals surface area contributed by atoms with Crippen molar-refractivity contribution in [3.63, 3.8) is 0 Å². The minimum Gasteiger partial charge on any atom is -0.330 e. The highest BCUT2D eigenvalue weighted by molar-refractivity contribution is 5.44. The van der Waals surface area contributed by atoms with E-state index in [1.807, 2.05) is 16.8 Å². The lowest BCUT2D eigenvalue weighted by Gasteiger charge is -2.14. The number of aromatic nitrogens is 3. The third kappa shape index (κ3) is 1.08. The van der Waals surface area contributed by atoms with Crippen molar-refractivity contribution in [1.82, 2.24) is 14.6 Å². The van der Waals surface area contributed by atoms with Gasteiger partial charge in [-0.1, -0.05) is 13.8 Å². The zero-order valence-electron chi connectivity index (χ0n) is 9.64. The van der Waals surface area contributed by atoms with Gasteiger partial charge >= 0.3 is 0 Å². The Bertz CT molecular complexity index is 510. The summed E-state index contributed by atoms with van der Waals surface area (Å²) < 4.78 is 1.82. The van der Waals surface area contributed by atoms with Gasteiger partial charge in [0.2, 0.25) is 0 Å². The van der Waals surface area contributed by atoms with Crippen molar-refractivity contribution in [2.45, 2.75) is 25.7 Å². The molecule has 1 fully saturated rings. The summed E-state index contributed by atoms with van der Waals surface area (Å²) in [5, 5.41) is 4.59. The molecule has 2 aromatic heterocycles. The molecule has 0 amide bonds. The molecular formula is C12H16N4. The summed E-state index contributed by atoms with van der Waals surface area (Å²) in [6.07, 6.45) is 4.82. The predicted octanol–water partition coefficient (Wildman–Crippen LogP) is 1.36. The lowest BCUT2D eigenvalue weighted by molar-refractivity contribution is 0.490. The zero-order chi connectivity index (χ0) is 11.4. The van der Waals surface area contributed by atoms with Gasteiger partial charge in [0.05, 0.1) is 5.69 Å². The molecule has 1 aliphatic rings. The van der Waals surface area contributed by atoms with Crippen LogP contribution in [0.1, 0.15) is 26.0 Å². The molecule has 1 saturated carbocycles. The van der Waals surface area contributed by atoms with Crippen LogP contribution in [0.5, 0.6) is 0 Å². The van der Waals surface area contributed by atoms with Gasteiger partial charge in [-0.2, -0.15) is 5.10 Å². The molecule has 0 aromatic carbocycles. The molecule has 0 spiro atoms. The van der Waals surface area contributed by atoms with Gasteiger partial charge < -0.3 is 5.73 Å². The molecule has 1 unspecified atom stereocenters. The fourth-order valence-corrected chi connectivity index (χ4v) is 2.66. The van der Waals surface area contributed by atoms with Crippen LogP contribution in [0.3, 0.4) is 0 Å². The van der Waals surface area contributed by atoms with Gasteiger partial charge in [-0.3, -0.25) is 0 Å². The summed E-state index contributed by atoms with van der Waals surface area (Å²) in [6.45, 7) is 5.15.